The number of nitrogens with one attached hydrogen (secondary N) is 1. The molecule has 0 bridgehead atoms. The summed E-state index contributed by atoms with van der Waals surface area (Å²) in [5.74, 6) is 1.23. The SMILES string of the molecule is CCc1ccc(NCc2cc3cc4c(cc3n(CC(=O)Cc3ccccc3CC)c2=O)OCCO4)cc1. The number of carbonyl (C=O) groups is 1. The van der Waals surface area contributed by atoms with Gasteiger partial charge in [0, 0.05) is 35.7 Å². The normalized spacial score (nSPS) is 12.5. The second-order valence-electron chi connectivity index (χ2n) is 9.36. The van der Waals surface area contributed by atoms with Gasteiger partial charge in [-0.15, -0.1) is 0 Å². The van der Waals surface area contributed by atoms with Crippen molar-refractivity contribution in [2.24, 2.45) is 0 Å². The second-order valence-corrected chi connectivity index (χ2v) is 9.36. The van der Waals surface area contributed by atoms with Crippen LogP contribution in [-0.4, -0.2) is 23.6 Å². The molecule has 37 heavy (non-hydrogen) atoms. The Balaban J connectivity index is 1.49. The van der Waals surface area contributed by atoms with Crippen molar-refractivity contribution in [2.75, 3.05) is 18.5 Å². The fraction of sp³-hybridized carbons (Fsp3) is 0.290. The van der Waals surface area contributed by atoms with Crippen LogP contribution in [0.5, 0.6) is 11.5 Å². The standard InChI is InChI=1S/C31H32N2O4/c1-3-21-9-11-26(12-10-21)32-19-25-15-24-17-29-30(37-14-13-36-29)18-28(24)33(31(25)35)20-27(34)16-23-8-6-5-7-22(23)4-2/h5-12,15,17-18,32H,3-4,13-14,16,19-20H2,1-2H3. The Hall–Kier alpha value is -4.06. The maximum Gasteiger partial charge on any atom is 0.256 e. The summed E-state index contributed by atoms with van der Waals surface area (Å²) < 4.78 is 13.1. The second kappa shape index (κ2) is 10.9. The summed E-state index contributed by atoms with van der Waals surface area (Å²) in [4.78, 5) is 26.9. The molecule has 6 heteroatoms. The molecule has 1 aliphatic rings. The number of benzene rings is 3. The van der Waals surface area contributed by atoms with Crippen LogP contribution < -0.4 is 20.3 Å². The van der Waals surface area contributed by atoms with E-state index in [2.05, 4.69) is 31.3 Å². The third kappa shape index (κ3) is 5.38. The summed E-state index contributed by atoms with van der Waals surface area (Å²) in [5, 5.41) is 4.20. The molecule has 190 valence electrons. The van der Waals surface area contributed by atoms with Gasteiger partial charge in [0.2, 0.25) is 0 Å². The van der Waals surface area contributed by atoms with E-state index in [4.69, 9.17) is 9.47 Å². The smallest absolute Gasteiger partial charge is 0.256 e. The quantitative estimate of drug-likeness (QED) is 0.340. The topological polar surface area (TPSA) is 69.6 Å². The number of aryl methyl sites for hydroxylation is 2. The minimum Gasteiger partial charge on any atom is -0.486 e. The zero-order valence-electron chi connectivity index (χ0n) is 21.4. The van der Waals surface area contributed by atoms with Crippen molar-refractivity contribution in [1.82, 2.24) is 4.57 Å². The van der Waals surface area contributed by atoms with Gasteiger partial charge in [0.05, 0.1) is 12.1 Å². The summed E-state index contributed by atoms with van der Waals surface area (Å²) in [6.45, 7) is 5.48. The van der Waals surface area contributed by atoms with Gasteiger partial charge in [0.25, 0.3) is 5.56 Å². The predicted molar refractivity (Wildman–Crippen MR) is 147 cm³/mol. The predicted octanol–water partition coefficient (Wildman–Crippen LogP) is 5.32. The van der Waals surface area contributed by atoms with E-state index >= 15 is 0 Å². The molecular formula is C31H32N2O4. The Morgan fingerprint density at radius 3 is 2.27 bits per heavy atom. The van der Waals surface area contributed by atoms with Crippen LogP contribution in [0, 0.1) is 0 Å². The number of aromatic nitrogens is 1. The van der Waals surface area contributed by atoms with Crippen LogP contribution in [0.1, 0.15) is 36.1 Å². The van der Waals surface area contributed by atoms with E-state index in [-0.39, 0.29) is 24.3 Å². The first-order valence-corrected chi connectivity index (χ1v) is 12.9. The number of pyridine rings is 1. The molecule has 0 radical (unpaired) electrons. The van der Waals surface area contributed by atoms with Crippen LogP contribution in [0.3, 0.4) is 0 Å². The molecule has 4 aromatic rings. The van der Waals surface area contributed by atoms with E-state index in [0.29, 0.717) is 42.3 Å². The molecule has 0 amide bonds. The number of ether oxygens (including phenoxy) is 2. The Labute approximate surface area is 216 Å². The van der Waals surface area contributed by atoms with Crippen molar-refractivity contribution in [3.05, 3.63) is 99.3 Å². The van der Waals surface area contributed by atoms with Crippen LogP contribution in [0.2, 0.25) is 0 Å². The first-order chi connectivity index (χ1) is 18.1. The first-order valence-electron chi connectivity index (χ1n) is 12.9. The molecule has 0 fully saturated rings. The van der Waals surface area contributed by atoms with Gasteiger partial charge < -0.3 is 19.4 Å². The van der Waals surface area contributed by atoms with Crippen molar-refractivity contribution in [1.29, 1.82) is 0 Å². The zero-order valence-corrected chi connectivity index (χ0v) is 21.4. The molecule has 0 unspecified atom stereocenters. The van der Waals surface area contributed by atoms with Crippen molar-refractivity contribution in [2.45, 2.75) is 46.2 Å². The molecule has 0 atom stereocenters. The molecule has 6 nitrogen and oxygen atoms in total. The lowest BCUT2D eigenvalue weighted by Crippen LogP contribution is -2.29. The minimum absolute atomic E-state index is 0.00787. The fourth-order valence-corrected chi connectivity index (χ4v) is 4.83. The van der Waals surface area contributed by atoms with Gasteiger partial charge in [-0.3, -0.25) is 9.59 Å². The zero-order chi connectivity index (χ0) is 25.8. The van der Waals surface area contributed by atoms with Gasteiger partial charge in [-0.2, -0.15) is 0 Å². The van der Waals surface area contributed by atoms with E-state index in [0.717, 1.165) is 35.0 Å². The van der Waals surface area contributed by atoms with Crippen molar-refractivity contribution in [3.63, 3.8) is 0 Å². The number of nitrogens with zero attached hydrogens (tertiary/aromatic N) is 1. The summed E-state index contributed by atoms with van der Waals surface area (Å²) in [7, 11) is 0. The van der Waals surface area contributed by atoms with Crippen molar-refractivity contribution < 1.29 is 14.3 Å². The summed E-state index contributed by atoms with van der Waals surface area (Å²) >= 11 is 0. The third-order valence-corrected chi connectivity index (χ3v) is 6.90. The van der Waals surface area contributed by atoms with Gasteiger partial charge in [-0.25, -0.2) is 0 Å². The van der Waals surface area contributed by atoms with Gasteiger partial charge in [0.15, 0.2) is 17.3 Å². The number of hydrogen-bond acceptors (Lipinski definition) is 5. The van der Waals surface area contributed by atoms with Crippen LogP contribution >= 0.6 is 0 Å². The van der Waals surface area contributed by atoms with Gasteiger partial charge >= 0.3 is 0 Å². The summed E-state index contributed by atoms with van der Waals surface area (Å²) in [5.41, 5.74) is 5.44. The lowest BCUT2D eigenvalue weighted by molar-refractivity contribution is -0.119. The Kier molecular flexibility index (Phi) is 7.26. The lowest BCUT2D eigenvalue weighted by atomic mass is 10.0. The molecule has 0 spiro atoms. The molecule has 1 aliphatic heterocycles. The van der Waals surface area contributed by atoms with E-state index in [1.165, 1.54) is 5.56 Å². The van der Waals surface area contributed by atoms with Crippen LogP contribution in [0.15, 0.2) is 71.5 Å². The molecule has 0 saturated carbocycles. The first kappa shape index (κ1) is 24.6. The highest BCUT2D eigenvalue weighted by Crippen LogP contribution is 2.34. The summed E-state index contributed by atoms with van der Waals surface area (Å²) in [6, 6.07) is 21.8. The number of carbonyl (C=O) groups excluding carboxylic acids is 1. The molecular weight excluding hydrogens is 464 g/mol. The van der Waals surface area contributed by atoms with Crippen LogP contribution in [-0.2, 0) is 37.1 Å². The van der Waals surface area contributed by atoms with Gasteiger partial charge in [-0.05, 0) is 53.8 Å². The Bertz CT molecular complexity index is 1490. The number of Topliss-reactive ketones (excluding diaryl/α,β-unsaturated/α-hetero) is 1. The average Bonchev–Trinajstić information content (AvgIpc) is 2.93. The number of rotatable bonds is 9. The highest BCUT2D eigenvalue weighted by atomic mass is 16.6. The molecule has 3 aromatic carbocycles. The molecule has 1 aromatic heterocycles. The Morgan fingerprint density at radius 1 is 0.865 bits per heavy atom. The summed E-state index contributed by atoms with van der Waals surface area (Å²) in [6.07, 6.45) is 2.12. The van der Waals surface area contributed by atoms with Crippen LogP contribution in [0.25, 0.3) is 10.9 Å². The molecule has 1 N–H and O–H groups in total. The largest absolute Gasteiger partial charge is 0.486 e. The maximum atomic E-state index is 13.7. The number of hydrogen-bond donors (Lipinski definition) is 1. The monoisotopic (exact) mass is 496 g/mol. The molecule has 2 heterocycles. The van der Waals surface area contributed by atoms with Gasteiger partial charge in [0.1, 0.15) is 13.2 Å². The number of fused-ring (bicyclic) bond motifs is 2. The highest BCUT2D eigenvalue weighted by molar-refractivity contribution is 5.87. The fourth-order valence-electron chi connectivity index (χ4n) is 4.83. The molecule has 0 aliphatic carbocycles. The van der Waals surface area contributed by atoms with Crippen molar-refractivity contribution >= 4 is 22.4 Å². The lowest BCUT2D eigenvalue weighted by Gasteiger charge is -2.21. The third-order valence-electron chi connectivity index (χ3n) is 6.90. The van der Waals surface area contributed by atoms with Gasteiger partial charge in [-0.1, -0.05) is 50.2 Å². The maximum absolute atomic E-state index is 13.7. The minimum atomic E-state index is -0.181. The number of ketones is 1. The van der Waals surface area contributed by atoms with Crippen LogP contribution in [0.4, 0.5) is 5.69 Å². The Morgan fingerprint density at radius 2 is 1.57 bits per heavy atom. The van der Waals surface area contributed by atoms with E-state index in [9.17, 15) is 9.59 Å². The number of anilines is 1. The molecule has 0 saturated heterocycles. The van der Waals surface area contributed by atoms with Crippen molar-refractivity contribution in [3.8, 4) is 11.5 Å². The van der Waals surface area contributed by atoms with E-state index < -0.39 is 0 Å². The molecule has 5 rings (SSSR count). The average molecular weight is 497 g/mol. The highest BCUT2D eigenvalue weighted by Gasteiger charge is 2.19. The van der Waals surface area contributed by atoms with E-state index in [1.807, 2.05) is 54.6 Å². The van der Waals surface area contributed by atoms with E-state index in [1.54, 1.807) is 4.57 Å².